The third kappa shape index (κ3) is 2.81. The summed E-state index contributed by atoms with van der Waals surface area (Å²) in [6.45, 7) is 3.87. The first kappa shape index (κ1) is 12.9. The van der Waals surface area contributed by atoms with E-state index >= 15 is 0 Å². The number of aryl methyl sites for hydroxylation is 1. The van der Waals surface area contributed by atoms with Gasteiger partial charge in [-0.2, -0.15) is 0 Å². The topological polar surface area (TPSA) is 48.1 Å². The highest BCUT2D eigenvalue weighted by atomic mass is 35.5. The first-order valence-electron chi connectivity index (χ1n) is 5.72. The third-order valence-electron chi connectivity index (χ3n) is 2.58. The minimum atomic E-state index is -0.141. The van der Waals surface area contributed by atoms with E-state index in [4.69, 9.17) is 22.1 Å². The molecule has 0 radical (unpaired) electrons. The van der Waals surface area contributed by atoms with Crippen LogP contribution >= 0.6 is 11.6 Å². The minimum absolute atomic E-state index is 0.141. The molecule has 1 atom stereocenters. The number of halogens is 1. The molecule has 0 bridgehead atoms. The van der Waals surface area contributed by atoms with Gasteiger partial charge in [0, 0.05) is 17.8 Å². The zero-order valence-electron chi connectivity index (χ0n) is 10.4. The molecule has 0 saturated carbocycles. The molecule has 0 amide bonds. The maximum atomic E-state index is 6.09. The fourth-order valence-electron chi connectivity index (χ4n) is 1.63. The molecule has 1 heterocycles. The zero-order chi connectivity index (χ0) is 13.1. The van der Waals surface area contributed by atoms with Crippen molar-refractivity contribution in [2.75, 3.05) is 0 Å². The van der Waals surface area contributed by atoms with Crippen LogP contribution in [-0.2, 0) is 0 Å². The van der Waals surface area contributed by atoms with E-state index in [-0.39, 0.29) is 6.04 Å². The molecule has 2 rings (SSSR count). The SMILES string of the molecule is Cc1ccc(Cl)c(Oc2ncccc2[C@@H](C)N)c1. The second-order valence-electron chi connectivity index (χ2n) is 4.22. The van der Waals surface area contributed by atoms with Crippen molar-refractivity contribution >= 4 is 11.6 Å². The smallest absolute Gasteiger partial charge is 0.224 e. The van der Waals surface area contributed by atoms with Crippen molar-refractivity contribution in [3.8, 4) is 11.6 Å². The predicted molar refractivity (Wildman–Crippen MR) is 73.1 cm³/mol. The maximum absolute atomic E-state index is 6.09. The van der Waals surface area contributed by atoms with Crippen LogP contribution in [0.4, 0.5) is 0 Å². The number of pyridine rings is 1. The molecule has 0 spiro atoms. The van der Waals surface area contributed by atoms with Gasteiger partial charge < -0.3 is 10.5 Å². The molecule has 18 heavy (non-hydrogen) atoms. The van der Waals surface area contributed by atoms with Crippen molar-refractivity contribution in [1.29, 1.82) is 0 Å². The zero-order valence-corrected chi connectivity index (χ0v) is 11.1. The monoisotopic (exact) mass is 262 g/mol. The Labute approximate surface area is 112 Å². The van der Waals surface area contributed by atoms with Crippen LogP contribution in [0.2, 0.25) is 5.02 Å². The molecular weight excluding hydrogens is 248 g/mol. The summed E-state index contributed by atoms with van der Waals surface area (Å²) in [4.78, 5) is 4.21. The molecule has 0 unspecified atom stereocenters. The molecule has 3 nitrogen and oxygen atoms in total. The molecule has 1 aromatic carbocycles. The fraction of sp³-hybridized carbons (Fsp3) is 0.214. The minimum Gasteiger partial charge on any atom is -0.437 e. The highest BCUT2D eigenvalue weighted by Gasteiger charge is 2.11. The summed E-state index contributed by atoms with van der Waals surface area (Å²) in [5, 5.41) is 0.557. The van der Waals surface area contributed by atoms with Crippen LogP contribution in [0.3, 0.4) is 0 Å². The highest BCUT2D eigenvalue weighted by molar-refractivity contribution is 6.32. The molecule has 0 aliphatic carbocycles. The average molecular weight is 263 g/mol. The van der Waals surface area contributed by atoms with Crippen molar-refractivity contribution in [3.63, 3.8) is 0 Å². The van der Waals surface area contributed by atoms with Crippen molar-refractivity contribution < 1.29 is 4.74 Å². The summed E-state index contributed by atoms with van der Waals surface area (Å²) in [6.07, 6.45) is 1.67. The van der Waals surface area contributed by atoms with E-state index < -0.39 is 0 Å². The van der Waals surface area contributed by atoms with Gasteiger partial charge in [0.2, 0.25) is 5.88 Å². The van der Waals surface area contributed by atoms with Crippen molar-refractivity contribution in [1.82, 2.24) is 4.98 Å². The lowest BCUT2D eigenvalue weighted by molar-refractivity contribution is 0.452. The van der Waals surface area contributed by atoms with Crippen molar-refractivity contribution in [3.05, 3.63) is 52.7 Å². The first-order valence-corrected chi connectivity index (χ1v) is 6.10. The third-order valence-corrected chi connectivity index (χ3v) is 2.90. The Kier molecular flexibility index (Phi) is 3.84. The van der Waals surface area contributed by atoms with Crippen LogP contribution in [0.25, 0.3) is 0 Å². The Morgan fingerprint density at radius 3 is 2.83 bits per heavy atom. The van der Waals surface area contributed by atoms with Crippen LogP contribution in [-0.4, -0.2) is 4.98 Å². The summed E-state index contributed by atoms with van der Waals surface area (Å²) < 4.78 is 5.76. The lowest BCUT2D eigenvalue weighted by Gasteiger charge is -2.13. The first-order chi connectivity index (χ1) is 8.58. The normalized spacial score (nSPS) is 12.2. The number of benzene rings is 1. The molecule has 1 aromatic heterocycles. The van der Waals surface area contributed by atoms with Gasteiger partial charge in [-0.25, -0.2) is 4.98 Å². The van der Waals surface area contributed by atoms with Gasteiger partial charge in [0.1, 0.15) is 5.75 Å². The van der Waals surface area contributed by atoms with E-state index in [0.717, 1.165) is 11.1 Å². The Morgan fingerprint density at radius 1 is 1.33 bits per heavy atom. The van der Waals surface area contributed by atoms with E-state index in [2.05, 4.69) is 4.98 Å². The number of nitrogens with zero attached hydrogens (tertiary/aromatic N) is 1. The quantitative estimate of drug-likeness (QED) is 0.914. The standard InChI is InChI=1S/C14H15ClN2O/c1-9-5-6-12(15)13(8-9)18-14-11(10(2)16)4-3-7-17-14/h3-8,10H,16H2,1-2H3/t10-/m1/s1. The van der Waals surface area contributed by atoms with E-state index in [0.29, 0.717) is 16.7 Å². The Morgan fingerprint density at radius 2 is 2.11 bits per heavy atom. The number of ether oxygens (including phenoxy) is 1. The van der Waals surface area contributed by atoms with E-state index in [1.807, 2.05) is 38.1 Å². The van der Waals surface area contributed by atoms with Crippen LogP contribution in [0.5, 0.6) is 11.6 Å². The van der Waals surface area contributed by atoms with Gasteiger partial charge >= 0.3 is 0 Å². The van der Waals surface area contributed by atoms with Crippen LogP contribution in [0.15, 0.2) is 36.5 Å². The Bertz CT molecular complexity index is 555. The molecule has 4 heteroatoms. The van der Waals surface area contributed by atoms with Gasteiger partial charge in [0.25, 0.3) is 0 Å². The molecule has 0 aliphatic rings. The lowest BCUT2D eigenvalue weighted by atomic mass is 10.1. The van der Waals surface area contributed by atoms with Gasteiger partial charge in [-0.15, -0.1) is 0 Å². The van der Waals surface area contributed by atoms with E-state index in [1.54, 1.807) is 12.3 Å². The second-order valence-corrected chi connectivity index (χ2v) is 4.63. The van der Waals surface area contributed by atoms with Crippen LogP contribution < -0.4 is 10.5 Å². The molecule has 94 valence electrons. The number of nitrogens with two attached hydrogens (primary N) is 1. The van der Waals surface area contributed by atoms with Crippen molar-refractivity contribution in [2.24, 2.45) is 5.73 Å². The van der Waals surface area contributed by atoms with Gasteiger partial charge in [-0.3, -0.25) is 0 Å². The van der Waals surface area contributed by atoms with E-state index in [9.17, 15) is 0 Å². The summed E-state index contributed by atoms with van der Waals surface area (Å²) in [7, 11) is 0. The number of hydrogen-bond acceptors (Lipinski definition) is 3. The Balaban J connectivity index is 2.37. The van der Waals surface area contributed by atoms with Gasteiger partial charge in [0.15, 0.2) is 0 Å². The molecule has 0 aliphatic heterocycles. The predicted octanol–water partition coefficient (Wildman–Crippen LogP) is 3.86. The summed E-state index contributed by atoms with van der Waals surface area (Å²) in [5.74, 6) is 1.09. The number of rotatable bonds is 3. The van der Waals surface area contributed by atoms with Gasteiger partial charge in [-0.05, 0) is 37.6 Å². The van der Waals surface area contributed by atoms with Gasteiger partial charge in [-0.1, -0.05) is 23.7 Å². The van der Waals surface area contributed by atoms with Gasteiger partial charge in [0.05, 0.1) is 5.02 Å². The lowest BCUT2D eigenvalue weighted by Crippen LogP contribution is -2.07. The Hall–Kier alpha value is -1.58. The number of hydrogen-bond donors (Lipinski definition) is 1. The van der Waals surface area contributed by atoms with E-state index in [1.165, 1.54) is 0 Å². The number of aromatic nitrogens is 1. The van der Waals surface area contributed by atoms with Crippen molar-refractivity contribution in [2.45, 2.75) is 19.9 Å². The molecule has 0 fully saturated rings. The molecule has 0 saturated heterocycles. The average Bonchev–Trinajstić information content (AvgIpc) is 2.34. The maximum Gasteiger partial charge on any atom is 0.224 e. The fourth-order valence-corrected chi connectivity index (χ4v) is 1.78. The highest BCUT2D eigenvalue weighted by Crippen LogP contribution is 2.32. The van der Waals surface area contributed by atoms with Crippen LogP contribution in [0.1, 0.15) is 24.1 Å². The molecule has 2 N–H and O–H groups in total. The summed E-state index contributed by atoms with van der Waals surface area (Å²) >= 11 is 6.09. The molecule has 2 aromatic rings. The largest absolute Gasteiger partial charge is 0.437 e. The second kappa shape index (κ2) is 5.38. The van der Waals surface area contributed by atoms with Crippen LogP contribution in [0, 0.1) is 6.92 Å². The summed E-state index contributed by atoms with van der Waals surface area (Å²) in [6, 6.07) is 9.21. The summed E-state index contributed by atoms with van der Waals surface area (Å²) in [5.41, 5.74) is 7.82. The molecular formula is C14H15ClN2O.